The highest BCUT2D eigenvalue weighted by atomic mass is 16.5. The normalized spacial score (nSPS) is 21.3. The molecule has 0 unspecified atom stereocenters. The quantitative estimate of drug-likeness (QED) is 0.902. The molecule has 1 spiro atoms. The minimum atomic E-state index is -0.0120. The first-order chi connectivity index (χ1) is 10.3. The zero-order valence-corrected chi connectivity index (χ0v) is 12.6. The van der Waals surface area contributed by atoms with Crippen LogP contribution in [0.25, 0.3) is 0 Å². The second-order valence-corrected chi connectivity index (χ2v) is 5.99. The van der Waals surface area contributed by atoms with E-state index in [9.17, 15) is 4.79 Å². The number of hydrogen-bond donors (Lipinski definition) is 1. The number of piperazine rings is 1. The number of pyridine rings is 1. The average Bonchev–Trinajstić information content (AvgIpc) is 2.55. The smallest absolute Gasteiger partial charge is 0.258 e. The van der Waals surface area contributed by atoms with Crippen molar-refractivity contribution in [1.82, 2.24) is 15.2 Å². The molecule has 0 atom stereocenters. The standard InChI is InChI=1S/C16H23N3O2/c1-21-14-11-17-8-5-13(14)15(20)19-10-9-18-12-16(19)6-3-2-4-7-16/h5,8,11,18H,2-4,6-7,9-10,12H2,1H3. The number of carbonyl (C=O) groups is 1. The van der Waals surface area contributed by atoms with E-state index in [0.717, 1.165) is 32.5 Å². The van der Waals surface area contributed by atoms with Gasteiger partial charge in [0.25, 0.3) is 5.91 Å². The molecule has 21 heavy (non-hydrogen) atoms. The lowest BCUT2D eigenvalue weighted by Crippen LogP contribution is -2.63. The molecule has 0 aromatic carbocycles. The maximum Gasteiger partial charge on any atom is 0.258 e. The van der Waals surface area contributed by atoms with Crippen molar-refractivity contribution in [2.24, 2.45) is 0 Å². The Kier molecular flexibility index (Phi) is 4.10. The van der Waals surface area contributed by atoms with Gasteiger partial charge in [-0.05, 0) is 18.9 Å². The minimum Gasteiger partial charge on any atom is -0.494 e. The van der Waals surface area contributed by atoms with Crippen molar-refractivity contribution in [2.45, 2.75) is 37.6 Å². The van der Waals surface area contributed by atoms with E-state index in [-0.39, 0.29) is 11.4 Å². The molecule has 2 fully saturated rings. The molecule has 1 N–H and O–H groups in total. The summed E-state index contributed by atoms with van der Waals surface area (Å²) in [5, 5.41) is 3.47. The number of ether oxygens (including phenoxy) is 1. The van der Waals surface area contributed by atoms with Gasteiger partial charge in [-0.2, -0.15) is 0 Å². The maximum absolute atomic E-state index is 13.0. The zero-order valence-electron chi connectivity index (χ0n) is 12.6. The first kappa shape index (κ1) is 14.3. The summed E-state index contributed by atoms with van der Waals surface area (Å²) in [5.41, 5.74) is 0.612. The first-order valence-corrected chi connectivity index (χ1v) is 7.77. The molecule has 1 aromatic heterocycles. The van der Waals surface area contributed by atoms with Crippen LogP contribution in [0.2, 0.25) is 0 Å². The third-order valence-electron chi connectivity index (χ3n) is 4.80. The molecule has 114 valence electrons. The van der Waals surface area contributed by atoms with Crippen LogP contribution in [-0.2, 0) is 0 Å². The molecule has 5 heteroatoms. The fourth-order valence-corrected chi connectivity index (χ4v) is 3.68. The Labute approximate surface area is 125 Å². The number of nitrogens with one attached hydrogen (secondary N) is 1. The summed E-state index contributed by atoms with van der Waals surface area (Å²) in [5.74, 6) is 0.643. The van der Waals surface area contributed by atoms with Crippen molar-refractivity contribution in [3.05, 3.63) is 24.0 Å². The van der Waals surface area contributed by atoms with Crippen LogP contribution >= 0.6 is 0 Å². The van der Waals surface area contributed by atoms with E-state index in [2.05, 4.69) is 15.2 Å². The molecule has 1 aliphatic heterocycles. The van der Waals surface area contributed by atoms with Crippen molar-refractivity contribution in [3.63, 3.8) is 0 Å². The first-order valence-electron chi connectivity index (χ1n) is 7.77. The fraction of sp³-hybridized carbons (Fsp3) is 0.625. The predicted octanol–water partition coefficient (Wildman–Crippen LogP) is 1.84. The Hall–Kier alpha value is -1.62. The Balaban J connectivity index is 1.91. The third kappa shape index (κ3) is 2.62. The summed E-state index contributed by atoms with van der Waals surface area (Å²) in [4.78, 5) is 19.2. The summed E-state index contributed by atoms with van der Waals surface area (Å²) in [6.45, 7) is 2.54. The van der Waals surface area contributed by atoms with Crippen LogP contribution in [0.1, 0.15) is 42.5 Å². The zero-order chi connectivity index (χ0) is 14.7. The van der Waals surface area contributed by atoms with E-state index < -0.39 is 0 Å². The Morgan fingerprint density at radius 2 is 2.19 bits per heavy atom. The molecule has 1 saturated carbocycles. The summed E-state index contributed by atoms with van der Waals surface area (Å²) in [7, 11) is 1.59. The number of methoxy groups -OCH3 is 1. The Morgan fingerprint density at radius 3 is 2.95 bits per heavy atom. The van der Waals surface area contributed by atoms with Crippen molar-refractivity contribution in [3.8, 4) is 5.75 Å². The van der Waals surface area contributed by atoms with E-state index in [4.69, 9.17) is 4.74 Å². The number of carbonyl (C=O) groups excluding carboxylic acids is 1. The van der Waals surface area contributed by atoms with Gasteiger partial charge >= 0.3 is 0 Å². The topological polar surface area (TPSA) is 54.5 Å². The minimum absolute atomic E-state index is 0.0120. The van der Waals surface area contributed by atoms with Gasteiger partial charge < -0.3 is 15.0 Å². The summed E-state index contributed by atoms with van der Waals surface area (Å²) < 4.78 is 5.31. The molecule has 0 radical (unpaired) electrons. The number of hydrogen-bond acceptors (Lipinski definition) is 4. The monoisotopic (exact) mass is 289 g/mol. The highest BCUT2D eigenvalue weighted by Gasteiger charge is 2.42. The van der Waals surface area contributed by atoms with Crippen molar-refractivity contribution >= 4 is 5.91 Å². The van der Waals surface area contributed by atoms with Gasteiger partial charge in [0.2, 0.25) is 0 Å². The van der Waals surface area contributed by atoms with Crippen molar-refractivity contribution < 1.29 is 9.53 Å². The molecular formula is C16H23N3O2. The van der Waals surface area contributed by atoms with Gasteiger partial charge in [0.1, 0.15) is 5.75 Å². The lowest BCUT2D eigenvalue weighted by Gasteiger charge is -2.49. The SMILES string of the molecule is COc1cnccc1C(=O)N1CCNCC12CCCCC2. The lowest BCUT2D eigenvalue weighted by molar-refractivity contribution is 0.0220. The molecule has 2 heterocycles. The Bertz CT molecular complexity index is 504. The molecule has 1 aromatic rings. The molecule has 0 bridgehead atoms. The number of nitrogens with zero attached hydrogens (tertiary/aromatic N) is 2. The molecule has 1 saturated heterocycles. The summed E-state index contributed by atoms with van der Waals surface area (Å²) >= 11 is 0. The highest BCUT2D eigenvalue weighted by Crippen LogP contribution is 2.36. The van der Waals surface area contributed by atoms with E-state index in [0.29, 0.717) is 11.3 Å². The van der Waals surface area contributed by atoms with E-state index in [1.807, 2.05) is 0 Å². The third-order valence-corrected chi connectivity index (χ3v) is 4.80. The van der Waals surface area contributed by atoms with E-state index in [1.54, 1.807) is 25.6 Å². The van der Waals surface area contributed by atoms with E-state index >= 15 is 0 Å². The second kappa shape index (κ2) is 6.02. The summed E-state index contributed by atoms with van der Waals surface area (Å²) in [6.07, 6.45) is 9.16. The van der Waals surface area contributed by atoms with Gasteiger partial charge in [0, 0.05) is 25.8 Å². The van der Waals surface area contributed by atoms with Crippen LogP contribution in [0.5, 0.6) is 5.75 Å². The van der Waals surface area contributed by atoms with Crippen molar-refractivity contribution in [2.75, 3.05) is 26.7 Å². The molecule has 2 aliphatic rings. The van der Waals surface area contributed by atoms with Gasteiger partial charge in [0.15, 0.2) is 0 Å². The van der Waals surface area contributed by atoms with Gasteiger partial charge in [-0.3, -0.25) is 9.78 Å². The van der Waals surface area contributed by atoms with Gasteiger partial charge in [-0.1, -0.05) is 19.3 Å². The van der Waals surface area contributed by atoms with Gasteiger partial charge in [-0.15, -0.1) is 0 Å². The van der Waals surface area contributed by atoms with Crippen LogP contribution in [0, 0.1) is 0 Å². The van der Waals surface area contributed by atoms with Crippen LogP contribution in [0.4, 0.5) is 0 Å². The number of aromatic nitrogens is 1. The second-order valence-electron chi connectivity index (χ2n) is 5.99. The van der Waals surface area contributed by atoms with Crippen molar-refractivity contribution in [1.29, 1.82) is 0 Å². The van der Waals surface area contributed by atoms with Crippen LogP contribution in [0.3, 0.4) is 0 Å². The van der Waals surface area contributed by atoms with E-state index in [1.165, 1.54) is 19.3 Å². The molecule has 5 nitrogen and oxygen atoms in total. The highest BCUT2D eigenvalue weighted by molar-refractivity contribution is 5.97. The van der Waals surface area contributed by atoms with Gasteiger partial charge in [-0.25, -0.2) is 0 Å². The van der Waals surface area contributed by atoms with Crippen LogP contribution < -0.4 is 10.1 Å². The summed E-state index contributed by atoms with van der Waals surface area (Å²) in [6, 6.07) is 1.76. The maximum atomic E-state index is 13.0. The average molecular weight is 289 g/mol. The Morgan fingerprint density at radius 1 is 1.38 bits per heavy atom. The van der Waals surface area contributed by atoms with Crippen LogP contribution in [-0.4, -0.2) is 48.1 Å². The lowest BCUT2D eigenvalue weighted by atomic mass is 9.78. The molecule has 3 rings (SSSR count). The number of amides is 1. The molecule has 1 amide bonds. The number of rotatable bonds is 2. The fourth-order valence-electron chi connectivity index (χ4n) is 3.68. The van der Waals surface area contributed by atoms with Crippen LogP contribution in [0.15, 0.2) is 18.5 Å². The van der Waals surface area contributed by atoms with Gasteiger partial charge in [0.05, 0.1) is 24.4 Å². The molecular weight excluding hydrogens is 266 g/mol. The molecule has 1 aliphatic carbocycles. The predicted molar refractivity (Wildman–Crippen MR) is 80.5 cm³/mol. The largest absolute Gasteiger partial charge is 0.494 e.